The smallest absolute Gasteiger partial charge is 0.237 e. The van der Waals surface area contributed by atoms with E-state index < -0.39 is 0 Å². The average molecular weight is 374 g/mol. The van der Waals surface area contributed by atoms with E-state index in [1.807, 2.05) is 21.8 Å². The van der Waals surface area contributed by atoms with Crippen LogP contribution in [0.1, 0.15) is 22.3 Å². The Labute approximate surface area is 166 Å². The zero-order valence-corrected chi connectivity index (χ0v) is 16.3. The standard InChI is InChI=1S/C23H26N4O/c1-19-7-9-20(10-8-19)15-26-14-13-25(18-23(26)28)16-21-5-2-3-6-22(21)17-27-12-4-11-24-27/h2-12H,13-18H2,1H3. The largest absolute Gasteiger partial charge is 0.336 e. The first-order chi connectivity index (χ1) is 13.7. The normalized spacial score (nSPS) is 15.2. The number of aryl methyl sites for hydroxylation is 1. The van der Waals surface area contributed by atoms with Crippen LogP contribution in [-0.4, -0.2) is 45.1 Å². The summed E-state index contributed by atoms with van der Waals surface area (Å²) in [5.41, 5.74) is 4.95. The molecule has 3 aromatic rings. The van der Waals surface area contributed by atoms with E-state index in [9.17, 15) is 4.79 Å². The molecule has 2 heterocycles. The molecule has 0 atom stereocenters. The molecule has 1 fully saturated rings. The van der Waals surface area contributed by atoms with Crippen molar-refractivity contribution >= 4 is 5.91 Å². The van der Waals surface area contributed by atoms with E-state index in [1.165, 1.54) is 22.3 Å². The lowest BCUT2D eigenvalue weighted by molar-refractivity contribution is -0.136. The number of carbonyl (C=O) groups excluding carboxylic acids is 1. The van der Waals surface area contributed by atoms with Crippen molar-refractivity contribution in [3.63, 3.8) is 0 Å². The molecule has 0 aliphatic carbocycles. The van der Waals surface area contributed by atoms with E-state index in [-0.39, 0.29) is 5.91 Å². The summed E-state index contributed by atoms with van der Waals surface area (Å²) in [6, 6.07) is 18.8. The molecular weight excluding hydrogens is 348 g/mol. The summed E-state index contributed by atoms with van der Waals surface area (Å²) in [5.74, 6) is 0.205. The van der Waals surface area contributed by atoms with Crippen molar-refractivity contribution in [1.29, 1.82) is 0 Å². The van der Waals surface area contributed by atoms with Crippen LogP contribution in [0.15, 0.2) is 67.0 Å². The van der Waals surface area contributed by atoms with Crippen molar-refractivity contribution < 1.29 is 4.79 Å². The highest BCUT2D eigenvalue weighted by Gasteiger charge is 2.24. The van der Waals surface area contributed by atoms with Gasteiger partial charge in [-0.15, -0.1) is 0 Å². The molecule has 4 rings (SSSR count). The Hall–Kier alpha value is -2.92. The third-order valence-electron chi connectivity index (χ3n) is 5.30. The molecule has 1 aromatic heterocycles. The summed E-state index contributed by atoms with van der Waals surface area (Å²) in [4.78, 5) is 16.9. The fourth-order valence-corrected chi connectivity index (χ4v) is 3.65. The molecule has 5 heteroatoms. The van der Waals surface area contributed by atoms with E-state index in [1.54, 1.807) is 6.20 Å². The van der Waals surface area contributed by atoms with Crippen LogP contribution in [-0.2, 0) is 24.4 Å². The molecule has 0 saturated carbocycles. The highest BCUT2D eigenvalue weighted by molar-refractivity contribution is 5.79. The molecule has 1 aliphatic heterocycles. The number of aromatic nitrogens is 2. The van der Waals surface area contributed by atoms with Gasteiger partial charge in [-0.25, -0.2) is 0 Å². The van der Waals surface area contributed by atoms with Crippen molar-refractivity contribution in [3.05, 3.63) is 89.2 Å². The van der Waals surface area contributed by atoms with Crippen LogP contribution in [0.4, 0.5) is 0 Å². The summed E-state index contributed by atoms with van der Waals surface area (Å²) >= 11 is 0. The van der Waals surface area contributed by atoms with E-state index in [0.717, 1.165) is 26.2 Å². The molecule has 0 N–H and O–H groups in total. The Morgan fingerprint density at radius 1 is 0.893 bits per heavy atom. The monoisotopic (exact) mass is 374 g/mol. The van der Waals surface area contributed by atoms with Gasteiger partial charge in [-0.2, -0.15) is 5.10 Å². The highest BCUT2D eigenvalue weighted by Crippen LogP contribution is 2.16. The second kappa shape index (κ2) is 8.40. The van der Waals surface area contributed by atoms with Crippen LogP contribution in [0.2, 0.25) is 0 Å². The second-order valence-electron chi connectivity index (χ2n) is 7.48. The minimum absolute atomic E-state index is 0.205. The van der Waals surface area contributed by atoms with Gasteiger partial charge in [0.25, 0.3) is 0 Å². The molecule has 1 aliphatic rings. The molecule has 0 radical (unpaired) electrons. The lowest BCUT2D eigenvalue weighted by Gasteiger charge is -2.34. The Morgan fingerprint density at radius 2 is 1.64 bits per heavy atom. The molecule has 0 spiro atoms. The number of hydrogen-bond acceptors (Lipinski definition) is 3. The third-order valence-corrected chi connectivity index (χ3v) is 5.30. The van der Waals surface area contributed by atoms with Crippen molar-refractivity contribution in [2.75, 3.05) is 19.6 Å². The SMILES string of the molecule is Cc1ccc(CN2CCN(Cc3ccccc3Cn3cccn3)CC2=O)cc1. The number of hydrogen-bond donors (Lipinski definition) is 0. The molecule has 2 aromatic carbocycles. The van der Waals surface area contributed by atoms with Gasteiger partial charge in [0.05, 0.1) is 13.1 Å². The maximum atomic E-state index is 12.7. The van der Waals surface area contributed by atoms with Crippen LogP contribution < -0.4 is 0 Å². The summed E-state index contributed by atoms with van der Waals surface area (Å²) in [7, 11) is 0. The van der Waals surface area contributed by atoms with Crippen molar-refractivity contribution in [1.82, 2.24) is 19.6 Å². The molecule has 1 saturated heterocycles. The molecular formula is C23H26N4O. The first-order valence-electron chi connectivity index (χ1n) is 9.77. The Morgan fingerprint density at radius 3 is 2.32 bits per heavy atom. The van der Waals surface area contributed by atoms with Gasteiger partial charge in [0.15, 0.2) is 0 Å². The van der Waals surface area contributed by atoms with Crippen LogP contribution in [0.3, 0.4) is 0 Å². The molecule has 5 nitrogen and oxygen atoms in total. The van der Waals surface area contributed by atoms with Crippen LogP contribution >= 0.6 is 0 Å². The molecule has 1 amide bonds. The number of carbonyl (C=O) groups is 1. The molecule has 28 heavy (non-hydrogen) atoms. The van der Waals surface area contributed by atoms with Crippen molar-refractivity contribution in [2.45, 2.75) is 26.6 Å². The Kier molecular flexibility index (Phi) is 5.53. The van der Waals surface area contributed by atoms with Crippen LogP contribution in [0, 0.1) is 6.92 Å². The van der Waals surface area contributed by atoms with Gasteiger partial charge in [-0.05, 0) is 29.7 Å². The Bertz CT molecular complexity index is 918. The van der Waals surface area contributed by atoms with E-state index >= 15 is 0 Å². The Balaban J connectivity index is 1.37. The maximum Gasteiger partial charge on any atom is 0.237 e. The number of nitrogens with zero attached hydrogens (tertiary/aromatic N) is 4. The van der Waals surface area contributed by atoms with Gasteiger partial charge in [0, 0.05) is 38.6 Å². The van der Waals surface area contributed by atoms with Crippen LogP contribution in [0.25, 0.3) is 0 Å². The second-order valence-corrected chi connectivity index (χ2v) is 7.48. The topological polar surface area (TPSA) is 41.4 Å². The predicted octanol–water partition coefficient (Wildman–Crippen LogP) is 3.08. The van der Waals surface area contributed by atoms with Gasteiger partial charge in [-0.3, -0.25) is 14.4 Å². The molecule has 0 bridgehead atoms. The third kappa shape index (κ3) is 4.49. The zero-order valence-electron chi connectivity index (χ0n) is 16.3. The van der Waals surface area contributed by atoms with Gasteiger partial charge in [0.1, 0.15) is 0 Å². The lowest BCUT2D eigenvalue weighted by atomic mass is 10.1. The summed E-state index contributed by atoms with van der Waals surface area (Å²) in [6.45, 7) is 6.47. The van der Waals surface area contributed by atoms with Gasteiger partial charge in [-0.1, -0.05) is 54.1 Å². The minimum atomic E-state index is 0.205. The summed E-state index contributed by atoms with van der Waals surface area (Å²) < 4.78 is 1.93. The van der Waals surface area contributed by atoms with Crippen molar-refractivity contribution in [3.8, 4) is 0 Å². The zero-order chi connectivity index (χ0) is 19.3. The number of amides is 1. The summed E-state index contributed by atoms with van der Waals surface area (Å²) in [6.07, 6.45) is 3.78. The number of rotatable bonds is 6. The number of piperazine rings is 1. The molecule has 144 valence electrons. The van der Waals surface area contributed by atoms with Gasteiger partial charge < -0.3 is 4.90 Å². The fraction of sp³-hybridized carbons (Fsp3) is 0.304. The predicted molar refractivity (Wildman–Crippen MR) is 110 cm³/mol. The van der Waals surface area contributed by atoms with Crippen LogP contribution in [0.5, 0.6) is 0 Å². The van der Waals surface area contributed by atoms with E-state index in [0.29, 0.717) is 13.1 Å². The average Bonchev–Trinajstić information content (AvgIpc) is 3.20. The number of benzene rings is 2. The van der Waals surface area contributed by atoms with Gasteiger partial charge >= 0.3 is 0 Å². The minimum Gasteiger partial charge on any atom is -0.336 e. The van der Waals surface area contributed by atoms with E-state index in [4.69, 9.17) is 0 Å². The van der Waals surface area contributed by atoms with Gasteiger partial charge in [0.2, 0.25) is 5.91 Å². The first kappa shape index (κ1) is 18.4. The lowest BCUT2D eigenvalue weighted by Crippen LogP contribution is -2.49. The maximum absolute atomic E-state index is 12.7. The van der Waals surface area contributed by atoms with Crippen molar-refractivity contribution in [2.24, 2.45) is 0 Å². The van der Waals surface area contributed by atoms with E-state index in [2.05, 4.69) is 65.5 Å². The highest BCUT2D eigenvalue weighted by atomic mass is 16.2. The summed E-state index contributed by atoms with van der Waals surface area (Å²) in [5, 5.41) is 4.31. The molecule has 0 unspecified atom stereocenters. The quantitative estimate of drug-likeness (QED) is 0.666. The fourth-order valence-electron chi connectivity index (χ4n) is 3.65. The first-order valence-corrected chi connectivity index (χ1v) is 9.77.